The van der Waals surface area contributed by atoms with Crippen LogP contribution < -0.4 is 10.5 Å². The Morgan fingerprint density at radius 1 is 1.38 bits per heavy atom. The number of nitrogens with zero attached hydrogens (tertiary/aromatic N) is 4. The molecular weight excluding hydrogens is 336 g/mol. The summed E-state index contributed by atoms with van der Waals surface area (Å²) in [5.41, 5.74) is 5.52. The van der Waals surface area contributed by atoms with Crippen molar-refractivity contribution in [1.29, 1.82) is 0 Å². The molecule has 2 aromatic heterocycles. The molecule has 0 radical (unpaired) electrons. The van der Waals surface area contributed by atoms with Gasteiger partial charge in [0.25, 0.3) is 5.89 Å². The van der Waals surface area contributed by atoms with Gasteiger partial charge in [-0.3, -0.25) is 9.78 Å². The molecule has 11 heteroatoms. The fraction of sp³-hybridized carbons (Fsp3) is 0.462. The highest BCUT2D eigenvalue weighted by atomic mass is 32.2. The minimum atomic E-state index is -3.61. The predicted molar refractivity (Wildman–Crippen MR) is 83.7 cm³/mol. The van der Waals surface area contributed by atoms with E-state index in [4.69, 9.17) is 10.2 Å². The van der Waals surface area contributed by atoms with Crippen molar-refractivity contribution in [2.24, 2.45) is 5.73 Å². The lowest BCUT2D eigenvalue weighted by Crippen LogP contribution is -2.33. The maximum Gasteiger partial charge on any atom is 0.267 e. The van der Waals surface area contributed by atoms with Gasteiger partial charge in [0, 0.05) is 12.4 Å². The normalized spacial score (nSPS) is 12.9. The van der Waals surface area contributed by atoms with Crippen molar-refractivity contribution in [3.63, 3.8) is 0 Å². The molecule has 0 spiro atoms. The van der Waals surface area contributed by atoms with Crippen molar-refractivity contribution < 1.29 is 17.6 Å². The van der Waals surface area contributed by atoms with Crippen LogP contribution in [0.1, 0.15) is 38.1 Å². The molecule has 0 saturated heterocycles. The van der Waals surface area contributed by atoms with Gasteiger partial charge in [-0.25, -0.2) is 18.1 Å². The molecule has 3 N–H and O–H groups in total. The highest BCUT2D eigenvalue weighted by Gasteiger charge is 2.26. The Hall–Kier alpha value is -2.40. The number of hydrogen-bond acceptors (Lipinski definition) is 8. The molecule has 0 aliphatic carbocycles. The summed E-state index contributed by atoms with van der Waals surface area (Å²) in [5.74, 6) is -0.753. The van der Waals surface area contributed by atoms with Crippen molar-refractivity contribution >= 4 is 15.9 Å². The van der Waals surface area contributed by atoms with E-state index in [2.05, 4.69) is 24.9 Å². The molecule has 10 nitrogen and oxygen atoms in total. The summed E-state index contributed by atoms with van der Waals surface area (Å²) >= 11 is 0. The Morgan fingerprint density at radius 2 is 2.17 bits per heavy atom. The summed E-state index contributed by atoms with van der Waals surface area (Å²) in [7, 11) is -3.61. The van der Waals surface area contributed by atoms with Crippen LogP contribution in [0.2, 0.25) is 0 Å². The average molecular weight is 354 g/mol. The Bertz CT molecular complexity index is 777. The van der Waals surface area contributed by atoms with Crippen LogP contribution in [0, 0.1) is 0 Å². The highest BCUT2D eigenvalue weighted by molar-refractivity contribution is 7.89. The van der Waals surface area contributed by atoms with E-state index < -0.39 is 22.0 Å². The molecule has 2 rings (SSSR count). The maximum atomic E-state index is 12.1. The molecule has 1 atom stereocenters. The van der Waals surface area contributed by atoms with Crippen LogP contribution in [0.3, 0.4) is 0 Å². The van der Waals surface area contributed by atoms with Gasteiger partial charge in [0.05, 0.1) is 18.4 Å². The number of amides is 1. The average Bonchev–Trinajstić information content (AvgIpc) is 3.02. The Kier molecular flexibility index (Phi) is 5.93. The summed E-state index contributed by atoms with van der Waals surface area (Å²) in [6, 6.07) is -1.03. The summed E-state index contributed by atoms with van der Waals surface area (Å²) in [5, 5.41) is 7.59. The van der Waals surface area contributed by atoms with E-state index in [0.29, 0.717) is 12.1 Å². The van der Waals surface area contributed by atoms with E-state index in [1.54, 1.807) is 0 Å². The van der Waals surface area contributed by atoms with Crippen LogP contribution in [-0.2, 0) is 14.8 Å². The highest BCUT2D eigenvalue weighted by Crippen LogP contribution is 2.21. The first-order valence-corrected chi connectivity index (χ1v) is 8.94. The number of rotatable bonds is 9. The van der Waals surface area contributed by atoms with Gasteiger partial charge in [-0.15, -0.1) is 10.2 Å². The Labute approximate surface area is 138 Å². The van der Waals surface area contributed by atoms with E-state index >= 15 is 0 Å². The molecule has 2 heterocycles. The first-order valence-electron chi connectivity index (χ1n) is 7.29. The van der Waals surface area contributed by atoms with Crippen LogP contribution in [0.4, 0.5) is 0 Å². The number of primary amides is 1. The van der Waals surface area contributed by atoms with Gasteiger partial charge in [0.15, 0.2) is 0 Å². The zero-order chi connectivity index (χ0) is 17.6. The topological polar surface area (TPSA) is 154 Å². The van der Waals surface area contributed by atoms with E-state index in [1.165, 1.54) is 18.6 Å². The maximum absolute atomic E-state index is 12.1. The van der Waals surface area contributed by atoms with Crippen molar-refractivity contribution in [1.82, 2.24) is 24.9 Å². The number of sulfonamides is 1. The molecule has 0 aromatic carbocycles. The molecule has 2 aromatic rings. The minimum absolute atomic E-state index is 0.0606. The molecule has 0 saturated carbocycles. The third-order valence-electron chi connectivity index (χ3n) is 3.01. The van der Waals surface area contributed by atoms with Gasteiger partial charge in [-0.05, 0) is 6.42 Å². The molecular formula is C13H18N6O4S. The predicted octanol–water partition coefficient (Wildman–Crippen LogP) is 0.163. The lowest BCUT2D eigenvalue weighted by atomic mass is 10.2. The second-order valence-corrected chi connectivity index (χ2v) is 6.92. The second kappa shape index (κ2) is 7.93. The van der Waals surface area contributed by atoms with Crippen LogP contribution in [0.15, 0.2) is 23.0 Å². The summed E-state index contributed by atoms with van der Waals surface area (Å²) in [4.78, 5) is 19.1. The van der Waals surface area contributed by atoms with Crippen LogP contribution >= 0.6 is 0 Å². The number of hydrogen-bond donors (Lipinski definition) is 2. The molecule has 0 bridgehead atoms. The van der Waals surface area contributed by atoms with E-state index in [9.17, 15) is 13.2 Å². The van der Waals surface area contributed by atoms with E-state index in [-0.39, 0.29) is 24.0 Å². The zero-order valence-electron chi connectivity index (χ0n) is 13.0. The summed E-state index contributed by atoms with van der Waals surface area (Å²) in [6.45, 7) is 1.88. The van der Waals surface area contributed by atoms with Gasteiger partial charge in [-0.1, -0.05) is 13.3 Å². The number of carbonyl (C=O) groups is 1. The number of nitrogens with one attached hydrogen (secondary N) is 1. The van der Waals surface area contributed by atoms with Gasteiger partial charge in [0.2, 0.25) is 21.8 Å². The van der Waals surface area contributed by atoms with Crippen LogP contribution in [-0.4, -0.2) is 40.2 Å². The molecule has 24 heavy (non-hydrogen) atoms. The molecule has 1 amide bonds. The van der Waals surface area contributed by atoms with Crippen molar-refractivity contribution in [2.45, 2.75) is 32.2 Å². The van der Waals surface area contributed by atoms with Gasteiger partial charge >= 0.3 is 0 Å². The SMILES string of the molecule is CCCCS(=O)(=O)N[C@@H](CC(N)=O)c1nnc(-c2cnccn2)o1. The van der Waals surface area contributed by atoms with Crippen LogP contribution in [0.25, 0.3) is 11.6 Å². The largest absolute Gasteiger partial charge is 0.417 e. The van der Waals surface area contributed by atoms with Gasteiger partial charge < -0.3 is 10.2 Å². The van der Waals surface area contributed by atoms with E-state index in [1.807, 2.05) is 6.92 Å². The lowest BCUT2D eigenvalue weighted by Gasteiger charge is -2.13. The second-order valence-electron chi connectivity index (χ2n) is 5.05. The van der Waals surface area contributed by atoms with Crippen molar-refractivity contribution in [3.05, 3.63) is 24.5 Å². The smallest absolute Gasteiger partial charge is 0.267 e. The number of nitrogens with two attached hydrogens (primary N) is 1. The minimum Gasteiger partial charge on any atom is -0.417 e. The third-order valence-corrected chi connectivity index (χ3v) is 4.48. The lowest BCUT2D eigenvalue weighted by molar-refractivity contribution is -0.118. The van der Waals surface area contributed by atoms with Crippen LogP contribution in [0.5, 0.6) is 0 Å². The monoisotopic (exact) mass is 354 g/mol. The standard InChI is InChI=1S/C13H18N6O4S/c1-2-3-6-24(21,22)19-9(7-11(14)20)12-17-18-13(23-12)10-8-15-4-5-16-10/h4-5,8-9,19H,2-3,6-7H2,1H3,(H2,14,20)/t9-/m0/s1. The molecule has 0 aliphatic rings. The number of carbonyl (C=O) groups excluding carboxylic acids is 1. The zero-order valence-corrected chi connectivity index (χ0v) is 13.9. The molecule has 0 unspecified atom stereocenters. The first-order chi connectivity index (χ1) is 11.4. The third kappa shape index (κ3) is 5.06. The van der Waals surface area contributed by atoms with Gasteiger partial charge in [0.1, 0.15) is 11.7 Å². The first kappa shape index (κ1) is 17.9. The molecule has 0 aliphatic heterocycles. The summed E-state index contributed by atoms with van der Waals surface area (Å²) in [6.07, 6.45) is 5.28. The summed E-state index contributed by atoms with van der Waals surface area (Å²) < 4.78 is 31.9. The molecule has 130 valence electrons. The number of unbranched alkanes of at least 4 members (excludes halogenated alkanes) is 1. The van der Waals surface area contributed by atoms with Gasteiger partial charge in [-0.2, -0.15) is 0 Å². The van der Waals surface area contributed by atoms with Crippen molar-refractivity contribution in [3.8, 4) is 11.6 Å². The Morgan fingerprint density at radius 3 is 2.79 bits per heavy atom. The Balaban J connectivity index is 2.22. The fourth-order valence-electron chi connectivity index (χ4n) is 1.88. The molecule has 0 fully saturated rings. The fourth-order valence-corrected chi connectivity index (χ4v) is 3.28. The quantitative estimate of drug-likeness (QED) is 0.645. The van der Waals surface area contributed by atoms with Crippen molar-refractivity contribution in [2.75, 3.05) is 5.75 Å². The van der Waals surface area contributed by atoms with E-state index in [0.717, 1.165) is 6.42 Å². The number of aromatic nitrogens is 4.